The van der Waals surface area contributed by atoms with Gasteiger partial charge in [-0.25, -0.2) is 0 Å². The van der Waals surface area contributed by atoms with Crippen LogP contribution in [0, 0.1) is 0 Å². The number of nitrogens with two attached hydrogens (primary N) is 1. The second kappa shape index (κ2) is 8.32. The molecule has 2 saturated heterocycles. The maximum absolute atomic E-state index is 11.8. The highest BCUT2D eigenvalue weighted by Crippen LogP contribution is 2.30. The van der Waals surface area contributed by atoms with Crippen LogP contribution in [0.25, 0.3) is 0 Å². The molecule has 5 nitrogen and oxygen atoms in total. The summed E-state index contributed by atoms with van der Waals surface area (Å²) in [7, 11) is 2.18. The van der Waals surface area contributed by atoms with E-state index in [1.807, 2.05) is 0 Å². The number of carbonyl (C=O) groups is 1. The van der Waals surface area contributed by atoms with Crippen molar-refractivity contribution in [1.82, 2.24) is 15.1 Å². The number of nitrogens with zero attached hydrogens (tertiary/aromatic N) is 2. The molecule has 1 atom stereocenters. The van der Waals surface area contributed by atoms with Gasteiger partial charge < -0.3 is 16.0 Å². The molecule has 1 amide bonds. The number of likely N-dealkylation sites (tertiary alicyclic amines) is 2. The topological polar surface area (TPSA) is 61.6 Å². The molecule has 124 valence electrons. The zero-order chi connectivity index (χ0) is 14.6. The summed E-state index contributed by atoms with van der Waals surface area (Å²) in [5, 5.41) is 3.08. The molecular formula is C15H31ClN4O. The first kappa shape index (κ1) is 18.7. The highest BCUT2D eigenvalue weighted by Gasteiger charge is 2.39. The molecule has 0 radical (unpaired) electrons. The van der Waals surface area contributed by atoms with Gasteiger partial charge in [-0.3, -0.25) is 9.69 Å². The lowest BCUT2D eigenvalue weighted by molar-refractivity contribution is -0.123. The van der Waals surface area contributed by atoms with Crippen LogP contribution in [0.15, 0.2) is 0 Å². The lowest BCUT2D eigenvalue weighted by Crippen LogP contribution is -2.62. The van der Waals surface area contributed by atoms with E-state index in [2.05, 4.69) is 22.2 Å². The first-order valence-corrected chi connectivity index (χ1v) is 8.00. The summed E-state index contributed by atoms with van der Waals surface area (Å²) < 4.78 is 0. The average molecular weight is 319 g/mol. The molecular weight excluding hydrogens is 288 g/mol. The monoisotopic (exact) mass is 318 g/mol. The molecule has 2 fully saturated rings. The van der Waals surface area contributed by atoms with Crippen molar-refractivity contribution in [2.45, 2.75) is 50.6 Å². The Balaban J connectivity index is 0.00000220. The van der Waals surface area contributed by atoms with E-state index in [0.29, 0.717) is 0 Å². The molecule has 0 aromatic rings. The third-order valence-corrected chi connectivity index (χ3v) is 4.95. The Kier molecular flexibility index (Phi) is 7.40. The molecule has 0 bridgehead atoms. The number of nitrogens with one attached hydrogen (secondary N) is 1. The van der Waals surface area contributed by atoms with Crippen LogP contribution in [0.5, 0.6) is 0 Å². The van der Waals surface area contributed by atoms with Crippen molar-refractivity contribution in [2.75, 3.05) is 39.8 Å². The minimum Gasteiger partial charge on any atom is -0.353 e. The van der Waals surface area contributed by atoms with Gasteiger partial charge in [0.05, 0.1) is 6.04 Å². The maximum Gasteiger partial charge on any atom is 0.236 e. The maximum atomic E-state index is 11.8. The van der Waals surface area contributed by atoms with Gasteiger partial charge in [0.1, 0.15) is 0 Å². The van der Waals surface area contributed by atoms with Crippen molar-refractivity contribution in [2.24, 2.45) is 5.73 Å². The predicted octanol–water partition coefficient (Wildman–Crippen LogP) is 0.822. The Labute approximate surface area is 135 Å². The van der Waals surface area contributed by atoms with Gasteiger partial charge in [0.2, 0.25) is 5.91 Å². The number of rotatable bonds is 4. The van der Waals surface area contributed by atoms with E-state index in [4.69, 9.17) is 5.73 Å². The van der Waals surface area contributed by atoms with Gasteiger partial charge in [-0.2, -0.15) is 0 Å². The smallest absolute Gasteiger partial charge is 0.236 e. The Morgan fingerprint density at radius 3 is 2.29 bits per heavy atom. The number of amides is 1. The fourth-order valence-electron chi connectivity index (χ4n) is 3.42. The third-order valence-electron chi connectivity index (χ3n) is 4.95. The third kappa shape index (κ3) is 4.81. The molecule has 6 heteroatoms. The summed E-state index contributed by atoms with van der Waals surface area (Å²) >= 11 is 0. The van der Waals surface area contributed by atoms with Crippen LogP contribution in [-0.4, -0.2) is 67.1 Å². The largest absolute Gasteiger partial charge is 0.353 e. The van der Waals surface area contributed by atoms with Crippen molar-refractivity contribution in [1.29, 1.82) is 0 Å². The fourth-order valence-corrected chi connectivity index (χ4v) is 3.42. The van der Waals surface area contributed by atoms with Crippen LogP contribution in [0.1, 0.15) is 39.0 Å². The van der Waals surface area contributed by atoms with Gasteiger partial charge in [0, 0.05) is 12.1 Å². The minimum atomic E-state index is -0.417. The second-order valence-electron chi connectivity index (χ2n) is 6.58. The van der Waals surface area contributed by atoms with Gasteiger partial charge in [-0.1, -0.05) is 6.42 Å². The molecule has 0 aliphatic carbocycles. The van der Waals surface area contributed by atoms with E-state index in [0.717, 1.165) is 32.5 Å². The highest BCUT2D eigenvalue weighted by molar-refractivity contribution is 5.85. The summed E-state index contributed by atoms with van der Waals surface area (Å²) in [6.07, 6.45) is 6.21. The number of halogens is 1. The van der Waals surface area contributed by atoms with E-state index in [1.165, 1.54) is 32.4 Å². The van der Waals surface area contributed by atoms with E-state index in [1.54, 1.807) is 6.92 Å². The lowest BCUT2D eigenvalue weighted by Gasteiger charge is -2.50. The van der Waals surface area contributed by atoms with Crippen molar-refractivity contribution >= 4 is 18.3 Å². The molecule has 2 heterocycles. The van der Waals surface area contributed by atoms with E-state index < -0.39 is 6.04 Å². The molecule has 2 aliphatic heterocycles. The molecule has 0 spiro atoms. The Morgan fingerprint density at radius 2 is 1.76 bits per heavy atom. The van der Waals surface area contributed by atoms with Crippen LogP contribution in [0.4, 0.5) is 0 Å². The van der Waals surface area contributed by atoms with Crippen LogP contribution >= 0.6 is 12.4 Å². The summed E-state index contributed by atoms with van der Waals surface area (Å²) in [4.78, 5) is 16.8. The number of piperidine rings is 2. The van der Waals surface area contributed by atoms with Gasteiger partial charge in [0.15, 0.2) is 0 Å². The Morgan fingerprint density at radius 1 is 1.19 bits per heavy atom. The zero-order valence-electron chi connectivity index (χ0n) is 13.4. The Bertz CT molecular complexity index is 324. The molecule has 3 N–H and O–H groups in total. The molecule has 2 rings (SSSR count). The molecule has 2 aliphatic rings. The van der Waals surface area contributed by atoms with E-state index in [9.17, 15) is 4.79 Å². The van der Waals surface area contributed by atoms with Gasteiger partial charge in [0.25, 0.3) is 0 Å². The van der Waals surface area contributed by atoms with Crippen LogP contribution in [-0.2, 0) is 4.79 Å². The number of carbonyl (C=O) groups excluding carboxylic acids is 1. The van der Waals surface area contributed by atoms with Crippen molar-refractivity contribution < 1.29 is 4.79 Å². The van der Waals surface area contributed by atoms with Crippen LogP contribution in [0.3, 0.4) is 0 Å². The van der Waals surface area contributed by atoms with Gasteiger partial charge in [-0.05, 0) is 65.8 Å². The van der Waals surface area contributed by atoms with Crippen molar-refractivity contribution in [3.8, 4) is 0 Å². The summed E-state index contributed by atoms with van der Waals surface area (Å²) in [6.45, 7) is 7.09. The minimum absolute atomic E-state index is 0. The SMILES string of the molecule is CC(N)C(=O)NCC1(N2CCCCC2)CCN(C)CC1.Cl. The average Bonchev–Trinajstić information content (AvgIpc) is 2.47. The predicted molar refractivity (Wildman–Crippen MR) is 88.8 cm³/mol. The molecule has 1 unspecified atom stereocenters. The van der Waals surface area contributed by atoms with E-state index >= 15 is 0 Å². The quantitative estimate of drug-likeness (QED) is 0.806. The van der Waals surface area contributed by atoms with Gasteiger partial charge in [-0.15, -0.1) is 12.4 Å². The molecule has 0 aromatic carbocycles. The molecule has 0 aromatic heterocycles. The first-order valence-electron chi connectivity index (χ1n) is 8.00. The summed E-state index contributed by atoms with van der Waals surface area (Å²) in [5.74, 6) is -0.0275. The molecule has 21 heavy (non-hydrogen) atoms. The number of hydrogen-bond donors (Lipinski definition) is 2. The van der Waals surface area contributed by atoms with Crippen LogP contribution in [0.2, 0.25) is 0 Å². The summed E-state index contributed by atoms with van der Waals surface area (Å²) in [6, 6.07) is -0.417. The summed E-state index contributed by atoms with van der Waals surface area (Å²) in [5.41, 5.74) is 5.81. The standard InChI is InChI=1S/C15H30N4O.ClH/c1-13(16)14(20)17-12-15(6-10-18(2)11-7-15)19-8-4-3-5-9-19;/h13H,3-12,16H2,1-2H3,(H,17,20);1H. The highest BCUT2D eigenvalue weighted by atomic mass is 35.5. The van der Waals surface area contributed by atoms with Gasteiger partial charge >= 0.3 is 0 Å². The second-order valence-corrected chi connectivity index (χ2v) is 6.58. The molecule has 0 saturated carbocycles. The first-order chi connectivity index (χ1) is 9.53. The Hall–Kier alpha value is -0.360. The normalized spacial score (nSPS) is 24.9. The lowest BCUT2D eigenvalue weighted by atomic mass is 9.84. The van der Waals surface area contributed by atoms with Crippen LogP contribution < -0.4 is 11.1 Å². The number of hydrogen-bond acceptors (Lipinski definition) is 4. The van der Waals surface area contributed by atoms with Crippen molar-refractivity contribution in [3.05, 3.63) is 0 Å². The van der Waals surface area contributed by atoms with Crippen molar-refractivity contribution in [3.63, 3.8) is 0 Å². The van der Waals surface area contributed by atoms with E-state index in [-0.39, 0.29) is 23.9 Å². The zero-order valence-corrected chi connectivity index (χ0v) is 14.3. The fraction of sp³-hybridized carbons (Fsp3) is 0.933.